The molecule has 0 aliphatic heterocycles. The molecule has 22 rings (SSSR count). The number of aromatic nitrogens is 6. The van der Waals surface area contributed by atoms with Gasteiger partial charge >= 0.3 is 0 Å². The minimum Gasteiger partial charge on any atom is -0.309 e. The predicted molar refractivity (Wildman–Crippen MR) is 416 cm³/mol. The fourth-order valence-electron chi connectivity index (χ4n) is 16.4. The fraction of sp³-hybridized carbons (Fsp3) is 0. The number of benzene rings is 16. The van der Waals surface area contributed by atoms with E-state index < -0.39 is 0 Å². The highest BCUT2D eigenvalue weighted by atomic mass is 15.0. The molecule has 2 aliphatic rings. The zero-order valence-corrected chi connectivity index (χ0v) is 54.0. The summed E-state index contributed by atoms with van der Waals surface area (Å²) in [4.78, 5) is 20.6. The molecule has 4 heterocycles. The van der Waals surface area contributed by atoms with Gasteiger partial charge in [-0.1, -0.05) is 267 Å². The van der Waals surface area contributed by atoms with Gasteiger partial charge < -0.3 is 9.13 Å². The molecule has 0 spiro atoms. The molecule has 6 heteroatoms. The number of hydrogen-bond acceptors (Lipinski definition) is 4. The van der Waals surface area contributed by atoms with Crippen molar-refractivity contribution < 1.29 is 0 Å². The summed E-state index contributed by atoms with van der Waals surface area (Å²) in [5.74, 6) is 1.46. The Morgan fingerprint density at radius 2 is 0.570 bits per heavy atom. The maximum absolute atomic E-state index is 5.28. The van der Waals surface area contributed by atoms with E-state index >= 15 is 0 Å². The lowest BCUT2D eigenvalue weighted by molar-refractivity contribution is 1.18. The van der Waals surface area contributed by atoms with Gasteiger partial charge in [-0.15, -0.1) is 0 Å². The van der Waals surface area contributed by atoms with Crippen LogP contribution in [0, 0.1) is 0 Å². The second-order valence-electron chi connectivity index (χ2n) is 26.3. The van der Waals surface area contributed by atoms with Crippen LogP contribution in [0.15, 0.2) is 340 Å². The zero-order chi connectivity index (χ0) is 65.5. The average molecular weight is 1270 g/mol. The van der Waals surface area contributed by atoms with E-state index in [1.165, 1.54) is 120 Å². The highest BCUT2D eigenvalue weighted by Gasteiger charge is 2.28. The quantitative estimate of drug-likeness (QED) is 0.160. The molecule has 0 fully saturated rings. The van der Waals surface area contributed by atoms with E-state index in [2.05, 4.69) is 325 Å². The molecule has 0 saturated carbocycles. The molecule has 6 nitrogen and oxygen atoms in total. The van der Waals surface area contributed by atoms with Crippen molar-refractivity contribution in [1.82, 2.24) is 29.1 Å². The van der Waals surface area contributed by atoms with Crippen molar-refractivity contribution in [3.63, 3.8) is 0 Å². The smallest absolute Gasteiger partial charge is 0.160 e. The van der Waals surface area contributed by atoms with Gasteiger partial charge in [-0.25, -0.2) is 19.9 Å². The van der Waals surface area contributed by atoms with Crippen LogP contribution in [0.3, 0.4) is 0 Å². The monoisotopic (exact) mass is 1270 g/mol. The Hall–Kier alpha value is -13.4. The topological polar surface area (TPSA) is 61.4 Å². The Balaban J connectivity index is 0.000000131. The van der Waals surface area contributed by atoms with Crippen molar-refractivity contribution in [2.75, 3.05) is 0 Å². The summed E-state index contributed by atoms with van der Waals surface area (Å²) in [5.41, 5.74) is 27.5. The standard InChI is InChI=1S/C48H29N3.C46H27N3/c1-3-11-32(12-4-1)47-40-29-34(23-27-41(40)49-48(50-47)33-13-5-2-6-14-33)30-21-25-35(26-22-30)51-42-20-10-19-39-37-17-8-7-16-36(37)38-18-9-15-31-24-28-43(51)46(44(31)38)45(39)42;1-2-11-30(12-3-1)45-38-27-33(23-24-39(38)47-46(48-45)32-21-20-28-10-4-5-13-31(28)26-32)49-40-19-9-18-37-35-16-7-6-15-34(35)36-17-8-14-29-22-25-41(49)44(42(29)36)43(37)40/h1-29H;1-27H. The molecule has 4 aromatic heterocycles. The molecule has 0 amide bonds. The molecule has 0 atom stereocenters. The SMILES string of the molecule is c1ccc(-c2nc(-c3ccc4ccccc4c3)nc3ccc(-n4c5cccc6c5c5c7c(cccc7ccc54)-c4ccccc4-6)cc23)cc1.c1ccc(-c2nc(-c3ccccc3)c3cc(-c4ccc(-n5c6cccc7c6c6c8c(cccc8ccc65)-c5ccccc5-7)cc4)ccc3n2)cc1. The van der Waals surface area contributed by atoms with Crippen LogP contribution < -0.4 is 0 Å². The lowest BCUT2D eigenvalue weighted by atomic mass is 9.93. The van der Waals surface area contributed by atoms with Crippen molar-refractivity contribution in [3.8, 4) is 112 Å². The van der Waals surface area contributed by atoms with Crippen molar-refractivity contribution in [2.45, 2.75) is 0 Å². The van der Waals surface area contributed by atoms with Gasteiger partial charge in [-0.05, 0) is 161 Å². The average Bonchev–Trinajstić information content (AvgIpc) is 1.55. The van der Waals surface area contributed by atoms with Crippen LogP contribution in [0.2, 0.25) is 0 Å². The van der Waals surface area contributed by atoms with Gasteiger partial charge in [-0.3, -0.25) is 0 Å². The Bertz CT molecular complexity index is 6810. The minimum absolute atomic E-state index is 0.728. The molecular weight excluding hydrogens is 1210 g/mol. The van der Waals surface area contributed by atoms with Crippen LogP contribution in [0.1, 0.15) is 0 Å². The Morgan fingerprint density at radius 3 is 1.12 bits per heavy atom. The lowest BCUT2D eigenvalue weighted by Gasteiger charge is -2.15. The van der Waals surface area contributed by atoms with Gasteiger partial charge in [0.05, 0.1) is 44.5 Å². The van der Waals surface area contributed by atoms with Gasteiger partial charge in [-0.2, -0.15) is 0 Å². The summed E-state index contributed by atoms with van der Waals surface area (Å²) in [7, 11) is 0. The van der Waals surface area contributed by atoms with Crippen LogP contribution in [-0.4, -0.2) is 29.1 Å². The first-order chi connectivity index (χ1) is 49.6. The second kappa shape index (κ2) is 22.1. The zero-order valence-electron chi connectivity index (χ0n) is 54.0. The molecule has 20 aromatic rings. The normalized spacial score (nSPS) is 12.0. The third-order valence-electron chi connectivity index (χ3n) is 20.8. The molecule has 0 unspecified atom stereocenters. The van der Waals surface area contributed by atoms with Crippen LogP contribution in [0.25, 0.3) is 210 Å². The number of fused-ring (bicyclic) bond motifs is 9. The molecular formula is C94H56N6. The predicted octanol–water partition coefficient (Wildman–Crippen LogP) is 24.5. The van der Waals surface area contributed by atoms with E-state index in [0.717, 1.165) is 89.6 Å². The number of rotatable bonds is 7. The highest BCUT2D eigenvalue weighted by molar-refractivity contribution is 6.32. The van der Waals surface area contributed by atoms with Crippen molar-refractivity contribution in [2.24, 2.45) is 0 Å². The number of hydrogen-bond donors (Lipinski definition) is 0. The lowest BCUT2D eigenvalue weighted by Crippen LogP contribution is -1.99. The molecule has 462 valence electrons. The van der Waals surface area contributed by atoms with E-state index in [1.54, 1.807) is 0 Å². The Morgan fingerprint density at radius 1 is 0.190 bits per heavy atom. The molecule has 0 bridgehead atoms. The second-order valence-corrected chi connectivity index (χ2v) is 26.3. The molecule has 0 saturated heterocycles. The maximum Gasteiger partial charge on any atom is 0.160 e. The van der Waals surface area contributed by atoms with Crippen molar-refractivity contribution >= 4 is 97.7 Å². The Labute approximate surface area is 575 Å². The van der Waals surface area contributed by atoms with E-state index in [-0.39, 0.29) is 0 Å². The van der Waals surface area contributed by atoms with Crippen LogP contribution in [0.5, 0.6) is 0 Å². The minimum atomic E-state index is 0.728. The third kappa shape index (κ3) is 8.57. The first-order valence-corrected chi connectivity index (χ1v) is 34.2. The fourth-order valence-corrected chi connectivity index (χ4v) is 16.4. The van der Waals surface area contributed by atoms with E-state index in [0.29, 0.717) is 0 Å². The first kappa shape index (κ1) is 55.8. The molecule has 0 radical (unpaired) electrons. The third-order valence-corrected chi connectivity index (χ3v) is 20.8. The van der Waals surface area contributed by atoms with Gasteiger partial charge in [0.2, 0.25) is 0 Å². The van der Waals surface area contributed by atoms with E-state index in [4.69, 9.17) is 19.9 Å². The van der Waals surface area contributed by atoms with Gasteiger partial charge in [0.25, 0.3) is 0 Å². The van der Waals surface area contributed by atoms with Crippen molar-refractivity contribution in [1.29, 1.82) is 0 Å². The summed E-state index contributed by atoms with van der Waals surface area (Å²) in [6.45, 7) is 0. The number of nitrogens with zero attached hydrogens (tertiary/aromatic N) is 6. The van der Waals surface area contributed by atoms with Gasteiger partial charge in [0.1, 0.15) is 0 Å². The highest BCUT2D eigenvalue weighted by Crippen LogP contribution is 2.52. The molecule has 2 aliphatic carbocycles. The van der Waals surface area contributed by atoms with Crippen LogP contribution in [-0.2, 0) is 0 Å². The molecule has 16 aromatic carbocycles. The molecule has 0 N–H and O–H groups in total. The van der Waals surface area contributed by atoms with Gasteiger partial charge in [0.15, 0.2) is 11.6 Å². The molecule has 100 heavy (non-hydrogen) atoms. The Kier molecular flexibility index (Phi) is 12.3. The van der Waals surface area contributed by atoms with Crippen LogP contribution >= 0.6 is 0 Å². The van der Waals surface area contributed by atoms with Crippen molar-refractivity contribution in [3.05, 3.63) is 340 Å². The summed E-state index contributed by atoms with van der Waals surface area (Å²) in [5, 5.41) is 14.9. The van der Waals surface area contributed by atoms with Crippen LogP contribution in [0.4, 0.5) is 0 Å². The van der Waals surface area contributed by atoms with Gasteiger partial charge in [0, 0.05) is 65.9 Å². The summed E-state index contributed by atoms with van der Waals surface area (Å²) in [6.07, 6.45) is 0. The van der Waals surface area contributed by atoms with E-state index in [9.17, 15) is 0 Å². The summed E-state index contributed by atoms with van der Waals surface area (Å²) < 4.78 is 4.87. The summed E-state index contributed by atoms with van der Waals surface area (Å²) in [6, 6.07) is 122. The maximum atomic E-state index is 5.28. The largest absolute Gasteiger partial charge is 0.309 e. The first-order valence-electron chi connectivity index (χ1n) is 34.2. The summed E-state index contributed by atoms with van der Waals surface area (Å²) >= 11 is 0. The van der Waals surface area contributed by atoms with E-state index in [1.807, 2.05) is 24.3 Å².